The summed E-state index contributed by atoms with van der Waals surface area (Å²) >= 11 is 0. The van der Waals surface area contributed by atoms with Crippen LogP contribution in [0, 0.1) is 17.2 Å². The van der Waals surface area contributed by atoms with E-state index >= 15 is 0 Å². The minimum absolute atomic E-state index is 0.0491. The van der Waals surface area contributed by atoms with Crippen molar-refractivity contribution in [3.63, 3.8) is 0 Å². The van der Waals surface area contributed by atoms with Gasteiger partial charge in [0.25, 0.3) is 0 Å². The molecule has 1 aromatic carbocycles. The second-order valence-corrected chi connectivity index (χ2v) is 7.21. The van der Waals surface area contributed by atoms with Gasteiger partial charge in [0.05, 0.1) is 37.1 Å². The van der Waals surface area contributed by atoms with E-state index in [-0.39, 0.29) is 11.8 Å². The zero-order valence-corrected chi connectivity index (χ0v) is 16.1. The number of nitriles is 1. The average molecular weight is 380 g/mol. The molecule has 2 saturated heterocycles. The zero-order chi connectivity index (χ0) is 19.5. The van der Waals surface area contributed by atoms with Crippen molar-refractivity contribution in [1.29, 1.82) is 5.26 Å². The van der Waals surface area contributed by atoms with E-state index in [0.717, 1.165) is 48.3 Å². The van der Waals surface area contributed by atoms with Crippen molar-refractivity contribution in [2.24, 2.45) is 5.92 Å². The van der Waals surface area contributed by atoms with Gasteiger partial charge >= 0.3 is 0 Å². The molecular formula is C21H24N4O3. The maximum absolute atomic E-state index is 12.8. The van der Waals surface area contributed by atoms with Gasteiger partial charge in [-0.25, -0.2) is 0 Å². The first-order valence-electron chi connectivity index (χ1n) is 9.69. The van der Waals surface area contributed by atoms with Crippen LogP contribution in [-0.4, -0.2) is 62.3 Å². The molecule has 3 heterocycles. The number of aromatic nitrogens is 1. The number of rotatable bonds is 3. The lowest BCUT2D eigenvalue weighted by molar-refractivity contribution is -0.140. The molecule has 0 aliphatic carbocycles. The maximum Gasteiger partial charge on any atom is 0.225 e. The summed E-state index contributed by atoms with van der Waals surface area (Å²) in [5.41, 5.74) is 2.28. The van der Waals surface area contributed by atoms with E-state index in [0.29, 0.717) is 31.9 Å². The van der Waals surface area contributed by atoms with Gasteiger partial charge in [0, 0.05) is 49.7 Å². The summed E-state index contributed by atoms with van der Waals surface area (Å²) in [6, 6.07) is 8.01. The summed E-state index contributed by atoms with van der Waals surface area (Å²) in [7, 11) is 1.63. The second-order valence-electron chi connectivity index (χ2n) is 7.21. The first-order valence-corrected chi connectivity index (χ1v) is 9.69. The molecule has 28 heavy (non-hydrogen) atoms. The molecule has 0 bridgehead atoms. The van der Waals surface area contributed by atoms with Crippen LogP contribution in [0.5, 0.6) is 5.75 Å². The van der Waals surface area contributed by atoms with Gasteiger partial charge in [0.1, 0.15) is 11.8 Å². The van der Waals surface area contributed by atoms with E-state index in [1.807, 2.05) is 23.1 Å². The van der Waals surface area contributed by atoms with E-state index in [1.54, 1.807) is 13.3 Å². The molecule has 1 amide bonds. The zero-order valence-electron chi connectivity index (χ0n) is 16.1. The number of benzene rings is 1. The number of hydrogen-bond acceptors (Lipinski definition) is 6. The number of carbonyl (C=O) groups is 1. The second kappa shape index (κ2) is 8.03. The van der Waals surface area contributed by atoms with Crippen molar-refractivity contribution in [1.82, 2.24) is 9.88 Å². The van der Waals surface area contributed by atoms with E-state index in [4.69, 9.17) is 9.47 Å². The molecule has 0 unspecified atom stereocenters. The van der Waals surface area contributed by atoms with Gasteiger partial charge in [-0.15, -0.1) is 0 Å². The molecule has 146 valence electrons. The Balaban J connectivity index is 1.55. The van der Waals surface area contributed by atoms with E-state index in [9.17, 15) is 10.1 Å². The first-order chi connectivity index (χ1) is 13.7. The van der Waals surface area contributed by atoms with Crippen LogP contribution in [0.3, 0.4) is 0 Å². The standard InChI is InChI=1S/C21H24N4O3/c1-27-17-2-3-18-19(12-17)23-14-16(13-22)20(18)24-6-4-15(5-7-24)21(26)25-8-10-28-11-9-25/h2-3,12,14-15H,4-11H2,1H3. The van der Waals surface area contributed by atoms with Gasteiger partial charge in [0.2, 0.25) is 5.91 Å². The third kappa shape index (κ3) is 3.48. The van der Waals surface area contributed by atoms with Crippen LogP contribution in [0.15, 0.2) is 24.4 Å². The predicted molar refractivity (Wildman–Crippen MR) is 105 cm³/mol. The Morgan fingerprint density at radius 3 is 2.68 bits per heavy atom. The van der Waals surface area contributed by atoms with Gasteiger partial charge in [-0.05, 0) is 25.0 Å². The Labute approximate surface area is 164 Å². The molecule has 2 fully saturated rings. The minimum atomic E-state index is 0.0491. The molecule has 2 aliphatic rings. The van der Waals surface area contributed by atoms with Gasteiger partial charge in [-0.1, -0.05) is 0 Å². The summed E-state index contributed by atoms with van der Waals surface area (Å²) in [6.45, 7) is 4.13. The van der Waals surface area contributed by atoms with E-state index in [2.05, 4.69) is 16.0 Å². The van der Waals surface area contributed by atoms with Crippen LogP contribution < -0.4 is 9.64 Å². The third-order valence-electron chi connectivity index (χ3n) is 5.65. The normalized spacial score (nSPS) is 18.1. The lowest BCUT2D eigenvalue weighted by atomic mass is 9.94. The first kappa shape index (κ1) is 18.5. The highest BCUT2D eigenvalue weighted by atomic mass is 16.5. The number of anilines is 1. The molecule has 2 aliphatic heterocycles. The summed E-state index contributed by atoms with van der Waals surface area (Å²) < 4.78 is 10.6. The maximum atomic E-state index is 12.8. The van der Waals surface area contributed by atoms with Crippen LogP contribution in [0.25, 0.3) is 10.9 Å². The fraction of sp³-hybridized carbons (Fsp3) is 0.476. The Bertz CT molecular complexity index is 910. The van der Waals surface area contributed by atoms with Crippen LogP contribution >= 0.6 is 0 Å². The number of ether oxygens (including phenoxy) is 2. The summed E-state index contributed by atoms with van der Waals surface area (Å²) in [6.07, 6.45) is 3.21. The number of morpholine rings is 1. The Morgan fingerprint density at radius 2 is 2.00 bits per heavy atom. The quantitative estimate of drug-likeness (QED) is 0.812. The molecule has 4 rings (SSSR count). The van der Waals surface area contributed by atoms with Gasteiger partial charge < -0.3 is 19.3 Å². The van der Waals surface area contributed by atoms with Crippen molar-refractivity contribution in [2.75, 3.05) is 51.4 Å². The van der Waals surface area contributed by atoms with E-state index in [1.165, 1.54) is 0 Å². The molecule has 0 spiro atoms. The number of pyridine rings is 1. The molecule has 0 N–H and O–H groups in total. The Kier molecular flexibility index (Phi) is 5.31. The fourth-order valence-corrected chi connectivity index (χ4v) is 4.10. The molecule has 7 nitrogen and oxygen atoms in total. The molecule has 7 heteroatoms. The number of carbonyl (C=O) groups excluding carboxylic acids is 1. The van der Waals surface area contributed by atoms with Crippen molar-refractivity contribution < 1.29 is 14.3 Å². The van der Waals surface area contributed by atoms with Crippen molar-refractivity contribution >= 4 is 22.5 Å². The molecule has 0 saturated carbocycles. The number of fused-ring (bicyclic) bond motifs is 1. The molecule has 2 aromatic rings. The van der Waals surface area contributed by atoms with Crippen LogP contribution in [0.4, 0.5) is 5.69 Å². The van der Waals surface area contributed by atoms with Crippen molar-refractivity contribution in [3.05, 3.63) is 30.0 Å². The summed E-state index contributed by atoms with van der Waals surface area (Å²) in [4.78, 5) is 21.3. The van der Waals surface area contributed by atoms with Gasteiger partial charge in [-0.2, -0.15) is 5.26 Å². The van der Waals surface area contributed by atoms with Crippen molar-refractivity contribution in [3.8, 4) is 11.8 Å². The van der Waals surface area contributed by atoms with Crippen molar-refractivity contribution in [2.45, 2.75) is 12.8 Å². The Hall–Kier alpha value is -2.85. The highest BCUT2D eigenvalue weighted by molar-refractivity contribution is 5.95. The average Bonchev–Trinajstić information content (AvgIpc) is 2.78. The largest absolute Gasteiger partial charge is 0.497 e. The number of amides is 1. The number of piperidine rings is 1. The molecular weight excluding hydrogens is 356 g/mol. The highest BCUT2D eigenvalue weighted by Gasteiger charge is 2.30. The lowest BCUT2D eigenvalue weighted by Crippen LogP contribution is -2.47. The Morgan fingerprint density at radius 1 is 1.25 bits per heavy atom. The minimum Gasteiger partial charge on any atom is -0.497 e. The number of methoxy groups -OCH3 is 1. The lowest BCUT2D eigenvalue weighted by Gasteiger charge is -2.37. The molecule has 1 aromatic heterocycles. The van der Waals surface area contributed by atoms with Crippen LogP contribution in [0.1, 0.15) is 18.4 Å². The fourth-order valence-electron chi connectivity index (χ4n) is 4.10. The smallest absolute Gasteiger partial charge is 0.225 e. The monoisotopic (exact) mass is 380 g/mol. The molecule has 0 atom stereocenters. The highest BCUT2D eigenvalue weighted by Crippen LogP contribution is 2.34. The predicted octanol–water partition coefficient (Wildman–Crippen LogP) is 2.19. The summed E-state index contributed by atoms with van der Waals surface area (Å²) in [5.74, 6) is 1.03. The summed E-state index contributed by atoms with van der Waals surface area (Å²) in [5, 5.41) is 10.5. The third-order valence-corrected chi connectivity index (χ3v) is 5.65. The number of nitrogens with zero attached hydrogens (tertiary/aromatic N) is 4. The van der Waals surface area contributed by atoms with Crippen LogP contribution in [0.2, 0.25) is 0 Å². The van der Waals surface area contributed by atoms with Crippen LogP contribution in [-0.2, 0) is 9.53 Å². The SMILES string of the molecule is COc1ccc2c(N3CCC(C(=O)N4CCOCC4)CC3)c(C#N)cnc2c1. The molecule has 0 radical (unpaired) electrons. The topological polar surface area (TPSA) is 78.7 Å². The van der Waals surface area contributed by atoms with Gasteiger partial charge in [0.15, 0.2) is 0 Å². The van der Waals surface area contributed by atoms with E-state index < -0.39 is 0 Å². The number of hydrogen-bond donors (Lipinski definition) is 0. The van der Waals surface area contributed by atoms with Gasteiger partial charge in [-0.3, -0.25) is 9.78 Å².